The van der Waals surface area contributed by atoms with Crippen molar-refractivity contribution in [2.45, 2.75) is 38.0 Å². The van der Waals surface area contributed by atoms with E-state index in [-0.39, 0.29) is 12.5 Å². The molecule has 0 fully saturated rings. The molecule has 0 heterocycles. The minimum atomic E-state index is -0.812. The predicted octanol–water partition coefficient (Wildman–Crippen LogP) is -0.121. The number of carbonyl (C=O) groups excluding carboxylic acids is 3. The van der Waals surface area contributed by atoms with E-state index >= 15 is 0 Å². The zero-order chi connectivity index (χ0) is 14.3. The third kappa shape index (κ3) is 5.39. The summed E-state index contributed by atoms with van der Waals surface area (Å²) in [5.41, 5.74) is 0. The SMILES string of the molecule is CCC(C)(S)[C@H](NC(C)=O)C(=O)NCC(=O)OC. The molecule has 0 rings (SSSR count). The summed E-state index contributed by atoms with van der Waals surface area (Å²) in [5.74, 6) is -1.35. The number of ether oxygens (including phenoxy) is 1. The van der Waals surface area contributed by atoms with E-state index in [1.54, 1.807) is 6.92 Å². The zero-order valence-electron chi connectivity index (χ0n) is 11.1. The lowest BCUT2D eigenvalue weighted by Gasteiger charge is -2.31. The predicted molar refractivity (Wildman–Crippen MR) is 70.3 cm³/mol. The normalized spacial score (nSPS) is 15.2. The van der Waals surface area contributed by atoms with Crippen LogP contribution in [0, 0.1) is 0 Å². The number of nitrogens with one attached hydrogen (secondary N) is 2. The van der Waals surface area contributed by atoms with Crippen molar-refractivity contribution in [3.63, 3.8) is 0 Å². The maximum atomic E-state index is 11.9. The molecule has 0 aliphatic heterocycles. The van der Waals surface area contributed by atoms with Crippen LogP contribution in [0.25, 0.3) is 0 Å². The first-order valence-electron chi connectivity index (χ1n) is 5.58. The molecule has 104 valence electrons. The molecule has 18 heavy (non-hydrogen) atoms. The Hall–Kier alpha value is -1.24. The van der Waals surface area contributed by atoms with Gasteiger partial charge in [0, 0.05) is 11.7 Å². The summed E-state index contributed by atoms with van der Waals surface area (Å²) in [6.45, 7) is 4.68. The van der Waals surface area contributed by atoms with Gasteiger partial charge in [-0.15, -0.1) is 0 Å². The molecule has 0 saturated carbocycles. The van der Waals surface area contributed by atoms with Crippen LogP contribution in [0.4, 0.5) is 0 Å². The molecule has 0 saturated heterocycles. The molecule has 0 aromatic rings. The summed E-state index contributed by atoms with van der Waals surface area (Å²) in [6.07, 6.45) is 0.576. The molecule has 1 unspecified atom stereocenters. The molecule has 0 bridgehead atoms. The molecule has 7 heteroatoms. The van der Waals surface area contributed by atoms with E-state index in [1.807, 2.05) is 6.92 Å². The first-order chi connectivity index (χ1) is 8.24. The molecule has 0 aliphatic rings. The monoisotopic (exact) mass is 276 g/mol. The van der Waals surface area contributed by atoms with Crippen LogP contribution >= 0.6 is 12.6 Å². The number of methoxy groups -OCH3 is 1. The Morgan fingerprint density at radius 3 is 2.33 bits per heavy atom. The summed E-state index contributed by atoms with van der Waals surface area (Å²) in [6, 6.07) is -0.812. The fourth-order valence-electron chi connectivity index (χ4n) is 1.24. The van der Waals surface area contributed by atoms with E-state index in [0.717, 1.165) is 0 Å². The molecule has 0 spiro atoms. The molecule has 2 amide bonds. The topological polar surface area (TPSA) is 84.5 Å². The van der Waals surface area contributed by atoms with E-state index in [4.69, 9.17) is 0 Å². The Morgan fingerprint density at radius 2 is 1.94 bits per heavy atom. The number of hydrogen-bond donors (Lipinski definition) is 3. The van der Waals surface area contributed by atoms with Gasteiger partial charge < -0.3 is 15.4 Å². The lowest BCUT2D eigenvalue weighted by Crippen LogP contribution is -2.56. The summed E-state index contributed by atoms with van der Waals surface area (Å²) in [5, 5.41) is 4.94. The van der Waals surface area contributed by atoms with Gasteiger partial charge in [-0.05, 0) is 13.3 Å². The highest BCUT2D eigenvalue weighted by Gasteiger charge is 2.35. The lowest BCUT2D eigenvalue weighted by atomic mass is 9.97. The van der Waals surface area contributed by atoms with Gasteiger partial charge in [-0.2, -0.15) is 12.6 Å². The molecule has 0 aromatic heterocycles. The van der Waals surface area contributed by atoms with Gasteiger partial charge in [0.05, 0.1) is 7.11 Å². The van der Waals surface area contributed by atoms with E-state index < -0.39 is 22.7 Å². The third-order valence-electron chi connectivity index (χ3n) is 2.58. The number of thiol groups is 1. The van der Waals surface area contributed by atoms with Gasteiger partial charge in [-0.1, -0.05) is 6.92 Å². The maximum absolute atomic E-state index is 11.9. The fraction of sp³-hybridized carbons (Fsp3) is 0.727. The molecular weight excluding hydrogens is 256 g/mol. The van der Waals surface area contributed by atoms with Crippen LogP contribution in [0.5, 0.6) is 0 Å². The number of carbonyl (C=O) groups is 3. The van der Waals surface area contributed by atoms with E-state index in [9.17, 15) is 14.4 Å². The summed E-state index contributed by atoms with van der Waals surface area (Å²) >= 11 is 4.37. The van der Waals surface area contributed by atoms with Gasteiger partial charge in [0.1, 0.15) is 12.6 Å². The smallest absolute Gasteiger partial charge is 0.325 e. The van der Waals surface area contributed by atoms with Gasteiger partial charge in [-0.25, -0.2) is 0 Å². The van der Waals surface area contributed by atoms with Crippen LogP contribution in [-0.4, -0.2) is 42.2 Å². The fourth-order valence-corrected chi connectivity index (χ4v) is 1.43. The van der Waals surface area contributed by atoms with E-state index in [2.05, 4.69) is 28.0 Å². The second-order valence-electron chi connectivity index (χ2n) is 4.14. The van der Waals surface area contributed by atoms with Crippen LogP contribution in [-0.2, 0) is 19.1 Å². The standard InChI is InChI=1S/C11H20N2O4S/c1-5-11(3,18)9(13-7(2)14)10(16)12-6-8(15)17-4/h9,18H,5-6H2,1-4H3,(H,12,16)(H,13,14)/t9-,11?/m1/s1. The quantitative estimate of drug-likeness (QED) is 0.466. The number of hydrogen-bond acceptors (Lipinski definition) is 5. The van der Waals surface area contributed by atoms with Crippen molar-refractivity contribution >= 4 is 30.4 Å². The van der Waals surface area contributed by atoms with E-state index in [1.165, 1.54) is 14.0 Å². The molecule has 0 aliphatic carbocycles. The Balaban J connectivity index is 4.70. The van der Waals surface area contributed by atoms with Crippen LogP contribution in [0.3, 0.4) is 0 Å². The highest BCUT2D eigenvalue weighted by atomic mass is 32.1. The molecule has 2 atom stereocenters. The third-order valence-corrected chi connectivity index (χ3v) is 3.16. The Labute approximate surface area is 112 Å². The van der Waals surface area contributed by atoms with Crippen molar-refractivity contribution in [2.75, 3.05) is 13.7 Å². The Kier molecular flexibility index (Phi) is 6.75. The summed E-state index contributed by atoms with van der Waals surface area (Å²) < 4.78 is 3.71. The minimum absolute atomic E-state index is 0.237. The van der Waals surface area contributed by atoms with Gasteiger partial charge in [-0.3, -0.25) is 14.4 Å². The molecular formula is C11H20N2O4S. The zero-order valence-corrected chi connectivity index (χ0v) is 12.0. The molecule has 0 radical (unpaired) electrons. The van der Waals surface area contributed by atoms with Crippen molar-refractivity contribution in [2.24, 2.45) is 0 Å². The average Bonchev–Trinajstić information content (AvgIpc) is 2.32. The second kappa shape index (κ2) is 7.25. The highest BCUT2D eigenvalue weighted by molar-refractivity contribution is 7.81. The van der Waals surface area contributed by atoms with Gasteiger partial charge in [0.25, 0.3) is 0 Å². The summed E-state index contributed by atoms with van der Waals surface area (Å²) in [7, 11) is 1.23. The van der Waals surface area contributed by atoms with Crippen molar-refractivity contribution in [1.82, 2.24) is 10.6 Å². The number of rotatable bonds is 6. The highest BCUT2D eigenvalue weighted by Crippen LogP contribution is 2.23. The Bertz CT molecular complexity index is 331. The molecule has 2 N–H and O–H groups in total. The van der Waals surface area contributed by atoms with Gasteiger partial charge >= 0.3 is 5.97 Å². The molecule has 6 nitrogen and oxygen atoms in total. The first-order valence-corrected chi connectivity index (χ1v) is 6.03. The second-order valence-corrected chi connectivity index (χ2v) is 5.16. The van der Waals surface area contributed by atoms with Crippen molar-refractivity contribution < 1.29 is 19.1 Å². The van der Waals surface area contributed by atoms with Crippen LogP contribution < -0.4 is 10.6 Å². The minimum Gasteiger partial charge on any atom is -0.468 e. The first kappa shape index (κ1) is 16.8. The van der Waals surface area contributed by atoms with Crippen molar-refractivity contribution in [3.8, 4) is 0 Å². The molecule has 0 aromatic carbocycles. The average molecular weight is 276 g/mol. The summed E-state index contributed by atoms with van der Waals surface area (Å²) in [4.78, 5) is 34.0. The van der Waals surface area contributed by atoms with Gasteiger partial charge in [0.2, 0.25) is 11.8 Å². The maximum Gasteiger partial charge on any atom is 0.325 e. The van der Waals surface area contributed by atoms with Crippen molar-refractivity contribution in [1.29, 1.82) is 0 Å². The number of esters is 1. The van der Waals surface area contributed by atoms with Crippen LogP contribution in [0.2, 0.25) is 0 Å². The van der Waals surface area contributed by atoms with Gasteiger partial charge in [0.15, 0.2) is 0 Å². The van der Waals surface area contributed by atoms with Crippen LogP contribution in [0.1, 0.15) is 27.2 Å². The van der Waals surface area contributed by atoms with E-state index in [0.29, 0.717) is 6.42 Å². The Morgan fingerprint density at radius 1 is 1.39 bits per heavy atom. The largest absolute Gasteiger partial charge is 0.468 e. The van der Waals surface area contributed by atoms with Crippen molar-refractivity contribution in [3.05, 3.63) is 0 Å². The van der Waals surface area contributed by atoms with Crippen LogP contribution in [0.15, 0.2) is 0 Å². The number of amides is 2. The lowest BCUT2D eigenvalue weighted by molar-refractivity contribution is -0.141.